The number of para-hydroxylation sites is 2. The van der Waals surface area contributed by atoms with Gasteiger partial charge < -0.3 is 20.1 Å². The maximum Gasteiger partial charge on any atom is 0.224 e. The fourth-order valence-electron chi connectivity index (χ4n) is 2.09. The highest BCUT2D eigenvalue weighted by Crippen LogP contribution is 2.30. The van der Waals surface area contributed by atoms with Crippen LogP contribution in [0.3, 0.4) is 0 Å². The van der Waals surface area contributed by atoms with Crippen LogP contribution >= 0.6 is 0 Å². The molecule has 1 atom stereocenters. The zero-order valence-electron chi connectivity index (χ0n) is 12.3. The van der Waals surface area contributed by atoms with Crippen molar-refractivity contribution in [3.05, 3.63) is 24.3 Å². The van der Waals surface area contributed by atoms with E-state index in [9.17, 15) is 4.79 Å². The summed E-state index contributed by atoms with van der Waals surface area (Å²) in [6, 6.07) is 7.54. The van der Waals surface area contributed by atoms with Crippen LogP contribution in [0.5, 0.6) is 11.5 Å². The number of likely N-dealkylation sites (N-methyl/N-ethyl adjacent to an activating group) is 1. The quantitative estimate of drug-likeness (QED) is 0.904. The first kappa shape index (κ1) is 14.7. The molecule has 1 amide bonds. The normalized spacial score (nSPS) is 17.7. The minimum atomic E-state index is -0.498. The van der Waals surface area contributed by atoms with E-state index < -0.39 is 5.54 Å². The summed E-state index contributed by atoms with van der Waals surface area (Å²) < 4.78 is 11.5. The van der Waals surface area contributed by atoms with Crippen LogP contribution in [-0.2, 0) is 4.79 Å². The van der Waals surface area contributed by atoms with E-state index in [0.717, 1.165) is 11.5 Å². The third-order valence-corrected chi connectivity index (χ3v) is 3.08. The van der Waals surface area contributed by atoms with Crippen LogP contribution in [-0.4, -0.2) is 42.6 Å². The highest BCUT2D eigenvalue weighted by Gasteiger charge is 2.25. The van der Waals surface area contributed by atoms with Crippen LogP contribution in [0.4, 0.5) is 0 Å². The van der Waals surface area contributed by atoms with Crippen LogP contribution in [0, 0.1) is 0 Å². The molecule has 110 valence electrons. The number of amides is 1. The van der Waals surface area contributed by atoms with Crippen molar-refractivity contribution in [2.75, 3.05) is 20.2 Å². The lowest BCUT2D eigenvalue weighted by atomic mass is 10.0. The second-order valence-electron chi connectivity index (χ2n) is 5.94. The molecule has 0 saturated heterocycles. The predicted octanol–water partition coefficient (Wildman–Crippen LogP) is 1.41. The lowest BCUT2D eigenvalue weighted by molar-refractivity contribution is -0.132. The van der Waals surface area contributed by atoms with Gasteiger partial charge in [0.25, 0.3) is 0 Å². The Morgan fingerprint density at radius 1 is 1.40 bits per heavy atom. The Bertz CT molecular complexity index is 482. The van der Waals surface area contributed by atoms with Gasteiger partial charge in [0.15, 0.2) is 17.6 Å². The summed E-state index contributed by atoms with van der Waals surface area (Å²) in [7, 11) is 1.76. The first-order valence-corrected chi connectivity index (χ1v) is 6.76. The van der Waals surface area contributed by atoms with Gasteiger partial charge >= 0.3 is 0 Å². The first-order valence-electron chi connectivity index (χ1n) is 6.76. The number of benzene rings is 1. The molecule has 1 unspecified atom stereocenters. The smallest absolute Gasteiger partial charge is 0.224 e. The Morgan fingerprint density at radius 2 is 2.05 bits per heavy atom. The number of hydrogen-bond acceptors (Lipinski definition) is 4. The molecule has 1 aromatic carbocycles. The third kappa shape index (κ3) is 3.87. The van der Waals surface area contributed by atoms with Gasteiger partial charge in [-0.15, -0.1) is 0 Å². The molecule has 0 spiro atoms. The Kier molecular flexibility index (Phi) is 4.18. The molecule has 5 nitrogen and oxygen atoms in total. The zero-order chi connectivity index (χ0) is 14.8. The summed E-state index contributed by atoms with van der Waals surface area (Å²) in [6.45, 7) is 4.62. The number of fused-ring (bicyclic) bond motifs is 1. The summed E-state index contributed by atoms with van der Waals surface area (Å²) in [4.78, 5) is 13.7. The van der Waals surface area contributed by atoms with E-state index in [1.165, 1.54) is 0 Å². The minimum absolute atomic E-state index is 0.0139. The number of rotatable bonds is 4. The lowest BCUT2D eigenvalue weighted by Crippen LogP contribution is -2.45. The molecular formula is C15H22N2O3. The van der Waals surface area contributed by atoms with Crippen molar-refractivity contribution in [3.63, 3.8) is 0 Å². The van der Waals surface area contributed by atoms with Crippen molar-refractivity contribution in [3.8, 4) is 11.5 Å². The van der Waals surface area contributed by atoms with Crippen molar-refractivity contribution in [1.82, 2.24) is 4.90 Å². The summed E-state index contributed by atoms with van der Waals surface area (Å²) >= 11 is 0. The van der Waals surface area contributed by atoms with Gasteiger partial charge in [0.1, 0.15) is 6.61 Å². The number of nitrogens with two attached hydrogens (primary N) is 1. The molecule has 0 radical (unpaired) electrons. The minimum Gasteiger partial charge on any atom is -0.486 e. The van der Waals surface area contributed by atoms with Gasteiger partial charge in [-0.2, -0.15) is 0 Å². The topological polar surface area (TPSA) is 64.8 Å². The van der Waals surface area contributed by atoms with Crippen molar-refractivity contribution in [2.45, 2.75) is 31.9 Å². The molecule has 5 heteroatoms. The number of hydrogen-bond donors (Lipinski definition) is 1. The van der Waals surface area contributed by atoms with Crippen molar-refractivity contribution in [1.29, 1.82) is 0 Å². The molecule has 20 heavy (non-hydrogen) atoms. The second kappa shape index (κ2) is 5.71. The average Bonchev–Trinajstić information content (AvgIpc) is 2.36. The van der Waals surface area contributed by atoms with E-state index in [4.69, 9.17) is 15.2 Å². The molecule has 2 rings (SSSR count). The van der Waals surface area contributed by atoms with Gasteiger partial charge in [0.05, 0.1) is 6.54 Å². The van der Waals surface area contributed by atoms with Crippen LogP contribution in [0.15, 0.2) is 24.3 Å². The van der Waals surface area contributed by atoms with Crippen LogP contribution < -0.4 is 15.2 Å². The van der Waals surface area contributed by atoms with E-state index >= 15 is 0 Å². The fourth-order valence-corrected chi connectivity index (χ4v) is 2.09. The van der Waals surface area contributed by atoms with Gasteiger partial charge in [0.2, 0.25) is 5.91 Å². The number of carbonyl (C=O) groups excluding carboxylic acids is 1. The molecule has 0 aliphatic carbocycles. The van der Waals surface area contributed by atoms with E-state index in [0.29, 0.717) is 19.6 Å². The Hall–Kier alpha value is -1.75. The number of carbonyl (C=O) groups is 1. The predicted molar refractivity (Wildman–Crippen MR) is 76.9 cm³/mol. The molecule has 1 heterocycles. The molecule has 1 aliphatic heterocycles. The van der Waals surface area contributed by atoms with Crippen molar-refractivity contribution >= 4 is 5.91 Å². The Balaban J connectivity index is 1.90. The van der Waals surface area contributed by atoms with Gasteiger partial charge in [-0.3, -0.25) is 4.79 Å². The SMILES string of the molecule is CN(CC1COc2ccccc2O1)C(=O)CC(C)(C)N. The highest BCUT2D eigenvalue weighted by atomic mass is 16.6. The maximum absolute atomic E-state index is 12.0. The largest absolute Gasteiger partial charge is 0.486 e. The molecule has 1 aromatic rings. The zero-order valence-corrected chi connectivity index (χ0v) is 12.3. The summed E-state index contributed by atoms with van der Waals surface area (Å²) in [5, 5.41) is 0. The molecule has 1 aliphatic rings. The Morgan fingerprint density at radius 3 is 2.70 bits per heavy atom. The summed E-state index contributed by atoms with van der Waals surface area (Å²) in [5.41, 5.74) is 5.37. The monoisotopic (exact) mass is 278 g/mol. The van der Waals surface area contributed by atoms with Crippen molar-refractivity contribution in [2.24, 2.45) is 5.73 Å². The average molecular weight is 278 g/mol. The summed E-state index contributed by atoms with van der Waals surface area (Å²) in [6.07, 6.45) is 0.160. The Labute approximate surface area is 119 Å². The van der Waals surface area contributed by atoms with Gasteiger partial charge in [-0.25, -0.2) is 0 Å². The van der Waals surface area contributed by atoms with Crippen LogP contribution in [0.1, 0.15) is 20.3 Å². The van der Waals surface area contributed by atoms with Crippen molar-refractivity contribution < 1.29 is 14.3 Å². The van der Waals surface area contributed by atoms with E-state index in [2.05, 4.69) is 0 Å². The second-order valence-corrected chi connectivity index (χ2v) is 5.94. The first-order chi connectivity index (χ1) is 9.35. The molecular weight excluding hydrogens is 256 g/mol. The van der Waals surface area contributed by atoms with Crippen LogP contribution in [0.25, 0.3) is 0 Å². The molecule has 2 N–H and O–H groups in total. The molecule has 0 saturated carbocycles. The molecule has 0 fully saturated rings. The number of ether oxygens (including phenoxy) is 2. The molecule has 0 aromatic heterocycles. The summed E-state index contributed by atoms with van der Waals surface area (Å²) in [5.74, 6) is 1.49. The third-order valence-electron chi connectivity index (χ3n) is 3.08. The lowest BCUT2D eigenvalue weighted by Gasteiger charge is -2.30. The van der Waals surface area contributed by atoms with E-state index in [-0.39, 0.29) is 12.0 Å². The standard InChI is InChI=1S/C15H22N2O3/c1-15(2,16)8-14(18)17(3)9-11-10-19-12-6-4-5-7-13(12)20-11/h4-7,11H,8-10,16H2,1-3H3. The van der Waals surface area contributed by atoms with Gasteiger partial charge in [0, 0.05) is 19.0 Å². The van der Waals surface area contributed by atoms with E-state index in [1.807, 2.05) is 38.1 Å². The highest BCUT2D eigenvalue weighted by molar-refractivity contribution is 5.77. The van der Waals surface area contributed by atoms with Gasteiger partial charge in [-0.1, -0.05) is 12.1 Å². The van der Waals surface area contributed by atoms with E-state index in [1.54, 1.807) is 11.9 Å². The maximum atomic E-state index is 12.0. The fraction of sp³-hybridized carbons (Fsp3) is 0.533. The molecule has 0 bridgehead atoms. The van der Waals surface area contributed by atoms with Gasteiger partial charge in [-0.05, 0) is 26.0 Å². The van der Waals surface area contributed by atoms with Crippen LogP contribution in [0.2, 0.25) is 0 Å². The number of nitrogens with zero attached hydrogens (tertiary/aromatic N) is 1.